The van der Waals surface area contributed by atoms with E-state index in [9.17, 15) is 0 Å². The molecule has 1 saturated heterocycles. The molecule has 3 N–H and O–H groups in total. The molecule has 2 aliphatic carbocycles. The van der Waals surface area contributed by atoms with Crippen LogP contribution in [-0.4, -0.2) is 42.7 Å². The van der Waals surface area contributed by atoms with Gasteiger partial charge in [-0.25, -0.2) is 0 Å². The van der Waals surface area contributed by atoms with Gasteiger partial charge >= 0.3 is 0 Å². The van der Waals surface area contributed by atoms with E-state index >= 15 is 0 Å². The van der Waals surface area contributed by atoms with Gasteiger partial charge < -0.3 is 11.1 Å². The smallest absolute Gasteiger partial charge is 0.0445 e. The normalized spacial score (nSPS) is 33.1. The van der Waals surface area contributed by atoms with Crippen LogP contribution in [0.25, 0.3) is 0 Å². The summed E-state index contributed by atoms with van der Waals surface area (Å²) in [7, 11) is 0. The Morgan fingerprint density at radius 2 is 2.33 bits per heavy atom. The van der Waals surface area contributed by atoms with Crippen molar-refractivity contribution in [1.82, 2.24) is 10.2 Å². The minimum atomic E-state index is 0.210. The minimum Gasteiger partial charge on any atom is -0.329 e. The van der Waals surface area contributed by atoms with Crippen LogP contribution >= 0.6 is 0 Å². The molecular weight excluding hydrogens is 222 g/mol. The van der Waals surface area contributed by atoms with Gasteiger partial charge in [0.15, 0.2) is 0 Å². The van der Waals surface area contributed by atoms with Crippen LogP contribution in [0.4, 0.5) is 0 Å². The number of hydrogen-bond acceptors (Lipinski definition) is 3. The Hall–Kier alpha value is -0.380. The number of likely N-dealkylation sites (tertiary alicyclic amines) is 1. The molecule has 2 fully saturated rings. The van der Waals surface area contributed by atoms with Gasteiger partial charge in [0, 0.05) is 31.2 Å². The van der Waals surface area contributed by atoms with Gasteiger partial charge in [-0.2, -0.15) is 0 Å². The average Bonchev–Trinajstić information content (AvgIpc) is 2.95. The van der Waals surface area contributed by atoms with E-state index in [4.69, 9.17) is 5.73 Å². The van der Waals surface area contributed by atoms with Crippen LogP contribution < -0.4 is 11.1 Å². The lowest BCUT2D eigenvalue weighted by molar-refractivity contribution is 0.277. The molecule has 18 heavy (non-hydrogen) atoms. The second kappa shape index (κ2) is 5.32. The molecule has 1 unspecified atom stereocenters. The largest absolute Gasteiger partial charge is 0.329 e. The number of allylic oxidation sites excluding steroid dienone is 1. The fourth-order valence-electron chi connectivity index (χ4n) is 3.49. The maximum absolute atomic E-state index is 6.04. The number of hydrogen-bond donors (Lipinski definition) is 2. The summed E-state index contributed by atoms with van der Waals surface area (Å²) in [4.78, 5) is 2.65. The molecule has 1 aliphatic heterocycles. The van der Waals surface area contributed by atoms with Crippen LogP contribution in [0.5, 0.6) is 0 Å². The van der Waals surface area contributed by atoms with Crippen molar-refractivity contribution in [2.75, 3.05) is 26.2 Å². The average molecular weight is 249 g/mol. The Bertz CT molecular complexity index is 322. The lowest BCUT2D eigenvalue weighted by Gasteiger charge is -2.29. The van der Waals surface area contributed by atoms with Crippen molar-refractivity contribution < 1.29 is 0 Å². The number of nitrogens with one attached hydrogen (secondary N) is 1. The molecule has 0 bridgehead atoms. The zero-order valence-electron chi connectivity index (χ0n) is 11.5. The first-order valence-electron chi connectivity index (χ1n) is 7.68. The highest BCUT2D eigenvalue weighted by atomic mass is 15.3. The maximum atomic E-state index is 6.04. The predicted octanol–water partition coefficient (Wildman–Crippen LogP) is 1.64. The van der Waals surface area contributed by atoms with E-state index in [1.54, 1.807) is 5.57 Å². The summed E-state index contributed by atoms with van der Waals surface area (Å²) in [6, 6.07) is 0.887. The van der Waals surface area contributed by atoms with Crippen molar-refractivity contribution in [3.63, 3.8) is 0 Å². The Morgan fingerprint density at radius 3 is 3.00 bits per heavy atom. The third-order valence-corrected chi connectivity index (χ3v) is 4.92. The zero-order chi connectivity index (χ0) is 12.4. The molecule has 3 aliphatic rings. The summed E-state index contributed by atoms with van der Waals surface area (Å²) in [5.41, 5.74) is 7.91. The van der Waals surface area contributed by atoms with E-state index < -0.39 is 0 Å². The number of nitrogens with zero attached hydrogens (tertiary/aromatic N) is 1. The highest BCUT2D eigenvalue weighted by molar-refractivity contribution is 5.08. The van der Waals surface area contributed by atoms with Crippen molar-refractivity contribution in [2.45, 2.75) is 56.5 Å². The van der Waals surface area contributed by atoms with Crippen molar-refractivity contribution in [1.29, 1.82) is 0 Å². The lowest BCUT2D eigenvalue weighted by atomic mass is 9.98. The third-order valence-electron chi connectivity index (χ3n) is 4.92. The molecule has 1 heterocycles. The van der Waals surface area contributed by atoms with Crippen LogP contribution in [-0.2, 0) is 0 Å². The van der Waals surface area contributed by atoms with Crippen molar-refractivity contribution >= 4 is 0 Å². The molecule has 0 spiro atoms. The van der Waals surface area contributed by atoms with Crippen LogP contribution in [0.1, 0.15) is 44.9 Å². The van der Waals surface area contributed by atoms with Crippen molar-refractivity contribution in [2.24, 2.45) is 5.73 Å². The zero-order valence-corrected chi connectivity index (χ0v) is 11.5. The summed E-state index contributed by atoms with van der Waals surface area (Å²) in [6.07, 6.45) is 11.7. The molecule has 1 saturated carbocycles. The van der Waals surface area contributed by atoms with E-state index in [1.807, 2.05) is 0 Å². The molecule has 0 aromatic heterocycles. The molecule has 3 rings (SSSR count). The Morgan fingerprint density at radius 1 is 1.44 bits per heavy atom. The first kappa shape index (κ1) is 12.6. The second-order valence-electron chi connectivity index (χ2n) is 6.37. The van der Waals surface area contributed by atoms with Gasteiger partial charge in [0.1, 0.15) is 0 Å². The van der Waals surface area contributed by atoms with E-state index in [2.05, 4.69) is 16.3 Å². The quantitative estimate of drug-likeness (QED) is 0.703. The number of rotatable bonds is 6. The highest BCUT2D eigenvalue weighted by Gasteiger charge is 2.41. The van der Waals surface area contributed by atoms with Gasteiger partial charge in [-0.15, -0.1) is 0 Å². The molecule has 0 aromatic rings. The van der Waals surface area contributed by atoms with Gasteiger partial charge in [-0.1, -0.05) is 11.6 Å². The molecule has 0 aromatic carbocycles. The predicted molar refractivity (Wildman–Crippen MR) is 75.6 cm³/mol. The molecule has 0 radical (unpaired) electrons. The van der Waals surface area contributed by atoms with Gasteiger partial charge in [0.2, 0.25) is 0 Å². The fraction of sp³-hybridized carbons (Fsp3) is 0.867. The summed E-state index contributed by atoms with van der Waals surface area (Å²) in [5, 5.41) is 3.78. The molecule has 3 nitrogen and oxygen atoms in total. The Balaban J connectivity index is 1.46. The van der Waals surface area contributed by atoms with Crippen LogP contribution in [0.15, 0.2) is 11.6 Å². The topological polar surface area (TPSA) is 41.3 Å². The van der Waals surface area contributed by atoms with Crippen molar-refractivity contribution in [3.05, 3.63) is 11.6 Å². The summed E-state index contributed by atoms with van der Waals surface area (Å²) in [5.74, 6) is 0. The molecular formula is C15H27N3. The Kier molecular flexibility index (Phi) is 3.73. The van der Waals surface area contributed by atoms with E-state index in [-0.39, 0.29) is 5.54 Å². The minimum absolute atomic E-state index is 0.210. The fourth-order valence-corrected chi connectivity index (χ4v) is 3.49. The van der Waals surface area contributed by atoms with E-state index in [0.717, 1.165) is 19.1 Å². The van der Waals surface area contributed by atoms with Crippen LogP contribution in [0, 0.1) is 0 Å². The van der Waals surface area contributed by atoms with E-state index in [0.29, 0.717) is 0 Å². The van der Waals surface area contributed by atoms with Crippen molar-refractivity contribution in [3.8, 4) is 0 Å². The molecule has 3 heteroatoms. The molecule has 102 valence electrons. The second-order valence-corrected chi connectivity index (χ2v) is 6.37. The summed E-state index contributed by atoms with van der Waals surface area (Å²) >= 11 is 0. The highest BCUT2D eigenvalue weighted by Crippen LogP contribution is 2.33. The first-order valence-corrected chi connectivity index (χ1v) is 7.68. The van der Waals surface area contributed by atoms with Gasteiger partial charge in [0.25, 0.3) is 0 Å². The molecule has 1 atom stereocenters. The standard InChI is InChI=1S/C15H27N3/c16-11-15(8-10-18(12-15)14-5-6-14)17-9-7-13-3-1-2-4-13/h3,14,17H,1-2,4-12,16H2. The summed E-state index contributed by atoms with van der Waals surface area (Å²) < 4.78 is 0. The lowest BCUT2D eigenvalue weighted by Crippen LogP contribution is -2.53. The SMILES string of the molecule is NCC1(NCCC2=CCCC2)CCN(C2CC2)C1. The van der Waals surface area contributed by atoms with Crippen LogP contribution in [0.2, 0.25) is 0 Å². The number of nitrogens with two attached hydrogens (primary N) is 1. The molecule has 0 amide bonds. The first-order chi connectivity index (χ1) is 8.81. The van der Waals surface area contributed by atoms with Gasteiger partial charge in [-0.3, -0.25) is 4.90 Å². The summed E-state index contributed by atoms with van der Waals surface area (Å²) in [6.45, 7) is 4.32. The maximum Gasteiger partial charge on any atom is 0.0445 e. The Labute approximate surface area is 111 Å². The van der Waals surface area contributed by atoms with Crippen LogP contribution in [0.3, 0.4) is 0 Å². The van der Waals surface area contributed by atoms with Gasteiger partial charge in [-0.05, 0) is 51.5 Å². The third kappa shape index (κ3) is 2.79. The van der Waals surface area contributed by atoms with E-state index in [1.165, 1.54) is 58.0 Å². The monoisotopic (exact) mass is 249 g/mol. The van der Waals surface area contributed by atoms with Gasteiger partial charge in [0.05, 0.1) is 0 Å².